The average molecular weight is 257 g/mol. The number of nitrogens with two attached hydrogens (primary N) is 1. The summed E-state index contributed by atoms with van der Waals surface area (Å²) in [5.74, 6) is 0.693. The molecule has 0 aliphatic carbocycles. The van der Waals surface area contributed by atoms with Crippen molar-refractivity contribution in [3.05, 3.63) is 23.2 Å². The summed E-state index contributed by atoms with van der Waals surface area (Å²) in [4.78, 5) is 0. The summed E-state index contributed by atoms with van der Waals surface area (Å²) in [6, 6.07) is 5.70. The quantitative estimate of drug-likeness (QED) is 0.822. The van der Waals surface area contributed by atoms with Crippen LogP contribution in [0.4, 0.5) is 5.69 Å². The maximum absolute atomic E-state index is 6.06. The van der Waals surface area contributed by atoms with Crippen LogP contribution >= 0.6 is 11.6 Å². The molecule has 1 aromatic carbocycles. The first kappa shape index (κ1) is 14.1. The third-order valence-electron chi connectivity index (χ3n) is 2.74. The minimum absolute atomic E-state index is 0.182. The van der Waals surface area contributed by atoms with Crippen molar-refractivity contribution in [3.8, 4) is 5.75 Å². The number of rotatable bonds is 6. The number of ether oxygens (including phenoxy) is 1. The fraction of sp³-hybridized carbons (Fsp3) is 0.538. The fourth-order valence-corrected chi connectivity index (χ4v) is 1.85. The standard InChI is InChI=1S/C13H21ClN2O/c1-13(2,6-7-15)9-16-10-4-5-12(17-3)11(14)8-10/h4-5,8,16H,6-7,9,15H2,1-3H3. The van der Waals surface area contributed by atoms with Crippen molar-refractivity contribution < 1.29 is 4.74 Å². The molecule has 4 heteroatoms. The zero-order chi connectivity index (χ0) is 12.9. The van der Waals surface area contributed by atoms with E-state index in [4.69, 9.17) is 22.1 Å². The van der Waals surface area contributed by atoms with Crippen LogP contribution in [0, 0.1) is 5.41 Å². The molecule has 0 aliphatic heterocycles. The fourth-order valence-electron chi connectivity index (χ4n) is 1.60. The van der Waals surface area contributed by atoms with E-state index in [1.165, 1.54) is 0 Å². The summed E-state index contributed by atoms with van der Waals surface area (Å²) in [7, 11) is 1.61. The topological polar surface area (TPSA) is 47.3 Å². The minimum atomic E-state index is 0.182. The second kappa shape index (κ2) is 6.12. The predicted molar refractivity (Wildman–Crippen MR) is 73.9 cm³/mol. The molecule has 0 saturated heterocycles. The summed E-state index contributed by atoms with van der Waals surface area (Å²) >= 11 is 6.06. The number of hydrogen-bond donors (Lipinski definition) is 2. The molecule has 0 spiro atoms. The monoisotopic (exact) mass is 256 g/mol. The number of hydrogen-bond acceptors (Lipinski definition) is 3. The van der Waals surface area contributed by atoms with Gasteiger partial charge in [0.2, 0.25) is 0 Å². The van der Waals surface area contributed by atoms with Crippen LogP contribution < -0.4 is 15.8 Å². The van der Waals surface area contributed by atoms with Crippen molar-refractivity contribution in [2.45, 2.75) is 20.3 Å². The van der Waals surface area contributed by atoms with Crippen molar-refractivity contribution in [1.29, 1.82) is 0 Å². The summed E-state index contributed by atoms with van der Waals surface area (Å²) in [6.45, 7) is 5.96. The molecule has 0 bridgehead atoms. The van der Waals surface area contributed by atoms with E-state index in [9.17, 15) is 0 Å². The van der Waals surface area contributed by atoms with Gasteiger partial charge in [0.05, 0.1) is 12.1 Å². The molecule has 0 saturated carbocycles. The Hall–Kier alpha value is -0.930. The summed E-state index contributed by atoms with van der Waals surface area (Å²) < 4.78 is 5.11. The van der Waals surface area contributed by atoms with Gasteiger partial charge in [-0.3, -0.25) is 0 Å². The van der Waals surface area contributed by atoms with Crippen LogP contribution in [-0.4, -0.2) is 20.2 Å². The third kappa shape index (κ3) is 4.44. The molecule has 0 aromatic heterocycles. The molecule has 0 heterocycles. The van der Waals surface area contributed by atoms with Crippen LogP contribution in [-0.2, 0) is 0 Å². The highest BCUT2D eigenvalue weighted by atomic mass is 35.5. The van der Waals surface area contributed by atoms with E-state index in [-0.39, 0.29) is 5.41 Å². The molecule has 0 atom stereocenters. The summed E-state index contributed by atoms with van der Waals surface area (Å²) in [5.41, 5.74) is 6.76. The molecule has 96 valence electrons. The lowest BCUT2D eigenvalue weighted by Crippen LogP contribution is -2.26. The van der Waals surface area contributed by atoms with Crippen LogP contribution in [0.2, 0.25) is 5.02 Å². The highest BCUT2D eigenvalue weighted by Gasteiger charge is 2.16. The normalized spacial score (nSPS) is 11.4. The van der Waals surface area contributed by atoms with Gasteiger partial charge in [-0.05, 0) is 36.6 Å². The van der Waals surface area contributed by atoms with Gasteiger partial charge in [-0.15, -0.1) is 0 Å². The lowest BCUT2D eigenvalue weighted by atomic mass is 9.89. The third-order valence-corrected chi connectivity index (χ3v) is 3.04. The van der Waals surface area contributed by atoms with E-state index >= 15 is 0 Å². The van der Waals surface area contributed by atoms with E-state index in [0.29, 0.717) is 17.3 Å². The molecule has 0 radical (unpaired) electrons. The Kier molecular flexibility index (Phi) is 5.09. The Morgan fingerprint density at radius 3 is 2.65 bits per heavy atom. The predicted octanol–water partition coefficient (Wildman–Crippen LogP) is 3.14. The average Bonchev–Trinajstić information content (AvgIpc) is 2.27. The maximum Gasteiger partial charge on any atom is 0.137 e. The molecule has 3 N–H and O–H groups in total. The smallest absolute Gasteiger partial charge is 0.137 e. The van der Waals surface area contributed by atoms with Crippen LogP contribution in [0.5, 0.6) is 5.75 Å². The van der Waals surface area contributed by atoms with E-state index in [1.807, 2.05) is 18.2 Å². The molecular formula is C13H21ClN2O. The van der Waals surface area contributed by atoms with Gasteiger partial charge in [-0.2, -0.15) is 0 Å². The van der Waals surface area contributed by atoms with Crippen molar-refractivity contribution in [1.82, 2.24) is 0 Å². The van der Waals surface area contributed by atoms with Crippen molar-refractivity contribution >= 4 is 17.3 Å². The number of nitrogens with one attached hydrogen (secondary N) is 1. The lowest BCUT2D eigenvalue weighted by Gasteiger charge is -2.25. The zero-order valence-electron chi connectivity index (χ0n) is 10.7. The molecule has 3 nitrogen and oxygen atoms in total. The highest BCUT2D eigenvalue weighted by Crippen LogP contribution is 2.28. The van der Waals surface area contributed by atoms with Gasteiger partial charge < -0.3 is 15.8 Å². The molecule has 1 rings (SSSR count). The number of methoxy groups -OCH3 is 1. The van der Waals surface area contributed by atoms with Gasteiger partial charge in [-0.25, -0.2) is 0 Å². The first-order valence-corrected chi connectivity index (χ1v) is 6.14. The van der Waals surface area contributed by atoms with Crippen LogP contribution in [0.1, 0.15) is 20.3 Å². The maximum atomic E-state index is 6.06. The van der Waals surface area contributed by atoms with Crippen molar-refractivity contribution in [2.24, 2.45) is 11.1 Å². The van der Waals surface area contributed by atoms with Gasteiger partial charge in [0.15, 0.2) is 0 Å². The van der Waals surface area contributed by atoms with Crippen LogP contribution in [0.15, 0.2) is 18.2 Å². The molecule has 0 fully saturated rings. The molecule has 17 heavy (non-hydrogen) atoms. The number of anilines is 1. The van der Waals surface area contributed by atoms with Crippen molar-refractivity contribution in [2.75, 3.05) is 25.5 Å². The van der Waals surface area contributed by atoms with Gasteiger partial charge in [0.1, 0.15) is 5.75 Å². The molecule has 0 unspecified atom stereocenters. The number of benzene rings is 1. The molecule has 0 aliphatic rings. The first-order chi connectivity index (χ1) is 7.98. The van der Waals surface area contributed by atoms with Crippen molar-refractivity contribution in [3.63, 3.8) is 0 Å². The second-order valence-corrected chi connectivity index (χ2v) is 5.31. The minimum Gasteiger partial charge on any atom is -0.495 e. The van der Waals surface area contributed by atoms with Crippen LogP contribution in [0.25, 0.3) is 0 Å². The Labute approximate surface area is 108 Å². The largest absolute Gasteiger partial charge is 0.495 e. The van der Waals surface area contributed by atoms with E-state index in [2.05, 4.69) is 19.2 Å². The van der Waals surface area contributed by atoms with E-state index in [1.54, 1.807) is 7.11 Å². The summed E-state index contributed by atoms with van der Waals surface area (Å²) in [5, 5.41) is 3.99. The molecule has 1 aromatic rings. The molecule has 0 amide bonds. The van der Waals surface area contributed by atoms with E-state index in [0.717, 1.165) is 18.7 Å². The zero-order valence-corrected chi connectivity index (χ0v) is 11.5. The lowest BCUT2D eigenvalue weighted by molar-refractivity contribution is 0.365. The second-order valence-electron chi connectivity index (χ2n) is 4.91. The van der Waals surface area contributed by atoms with Crippen LogP contribution in [0.3, 0.4) is 0 Å². The first-order valence-electron chi connectivity index (χ1n) is 5.76. The van der Waals surface area contributed by atoms with E-state index < -0.39 is 0 Å². The highest BCUT2D eigenvalue weighted by molar-refractivity contribution is 6.32. The Bertz CT molecular complexity index is 366. The molecular weight excluding hydrogens is 236 g/mol. The van der Waals surface area contributed by atoms with Gasteiger partial charge in [0, 0.05) is 12.2 Å². The Balaban J connectivity index is 2.61. The van der Waals surface area contributed by atoms with Gasteiger partial charge in [-0.1, -0.05) is 25.4 Å². The Morgan fingerprint density at radius 1 is 1.41 bits per heavy atom. The van der Waals surface area contributed by atoms with Gasteiger partial charge in [0.25, 0.3) is 0 Å². The van der Waals surface area contributed by atoms with Gasteiger partial charge >= 0.3 is 0 Å². The Morgan fingerprint density at radius 2 is 2.12 bits per heavy atom. The summed E-state index contributed by atoms with van der Waals surface area (Å²) in [6.07, 6.45) is 0.990. The number of halogens is 1. The SMILES string of the molecule is COc1ccc(NCC(C)(C)CCN)cc1Cl.